The first-order valence-corrected chi connectivity index (χ1v) is 14.8. The molecule has 3 aromatic rings. The average molecular weight is 586 g/mol. The average Bonchev–Trinajstić information content (AvgIpc) is 2.95. The third-order valence-corrected chi connectivity index (χ3v) is 9.38. The van der Waals surface area contributed by atoms with Crippen LogP contribution >= 0.6 is 35.6 Å². The molecule has 0 saturated carbocycles. The number of rotatable bonds is 8. The second kappa shape index (κ2) is 14.0. The molecule has 208 valence electrons. The first-order chi connectivity index (χ1) is 18.5. The highest BCUT2D eigenvalue weighted by Gasteiger charge is 2.39. The first kappa shape index (κ1) is 29.9. The molecule has 1 unspecified atom stereocenters. The minimum atomic E-state index is -0.111. The Labute approximate surface area is 249 Å². The Kier molecular flexibility index (Phi) is 10.8. The van der Waals surface area contributed by atoms with Crippen LogP contribution < -0.4 is 0 Å². The zero-order chi connectivity index (χ0) is 26.4. The van der Waals surface area contributed by atoms with Crippen molar-refractivity contribution in [3.8, 4) is 0 Å². The zero-order valence-corrected chi connectivity index (χ0v) is 24.9. The van der Waals surface area contributed by atoms with Crippen LogP contribution in [0.15, 0.2) is 78.9 Å². The maximum atomic E-state index is 13.4. The third kappa shape index (κ3) is 7.79. The van der Waals surface area contributed by atoms with E-state index in [1.54, 1.807) is 0 Å². The standard InChI is InChI=1S/C33H38Cl2N2O.ClH/c34-30-13-12-29(24-31(30)35)33(16-7-18-37(25-33)32(38)23-27-10-5-2-6-11-27)17-21-36-19-14-28(15-20-36)22-26-8-3-1-4-9-26;/h1-6,8-13,24,28H,7,14-23,25H2;1H. The molecule has 2 heterocycles. The molecule has 2 aliphatic rings. The fourth-order valence-electron chi connectivity index (χ4n) is 6.37. The molecule has 0 radical (unpaired) electrons. The van der Waals surface area contributed by atoms with E-state index >= 15 is 0 Å². The van der Waals surface area contributed by atoms with Gasteiger partial charge < -0.3 is 9.80 Å². The fourth-order valence-corrected chi connectivity index (χ4v) is 6.67. The lowest BCUT2D eigenvalue weighted by Gasteiger charge is -2.45. The number of amides is 1. The van der Waals surface area contributed by atoms with Crippen LogP contribution in [0.5, 0.6) is 0 Å². The van der Waals surface area contributed by atoms with Crippen molar-refractivity contribution >= 4 is 41.5 Å². The van der Waals surface area contributed by atoms with E-state index in [1.807, 2.05) is 42.5 Å². The van der Waals surface area contributed by atoms with Crippen LogP contribution in [-0.4, -0.2) is 48.4 Å². The lowest BCUT2D eigenvalue weighted by atomic mass is 9.71. The summed E-state index contributed by atoms with van der Waals surface area (Å²) in [5.41, 5.74) is 3.62. The van der Waals surface area contributed by atoms with Gasteiger partial charge >= 0.3 is 0 Å². The number of likely N-dealkylation sites (tertiary alicyclic amines) is 2. The molecular weight excluding hydrogens is 547 g/mol. The second-order valence-corrected chi connectivity index (χ2v) is 12.0. The summed E-state index contributed by atoms with van der Waals surface area (Å²) in [4.78, 5) is 18.1. The molecule has 1 amide bonds. The first-order valence-electron chi connectivity index (χ1n) is 14.0. The van der Waals surface area contributed by atoms with E-state index in [4.69, 9.17) is 23.2 Å². The van der Waals surface area contributed by atoms with E-state index in [0.29, 0.717) is 16.5 Å². The van der Waals surface area contributed by atoms with E-state index in [2.05, 4.69) is 46.2 Å². The van der Waals surface area contributed by atoms with E-state index in [9.17, 15) is 4.79 Å². The van der Waals surface area contributed by atoms with Crippen LogP contribution in [0.3, 0.4) is 0 Å². The summed E-state index contributed by atoms with van der Waals surface area (Å²) in [5, 5.41) is 1.18. The minimum absolute atomic E-state index is 0. The van der Waals surface area contributed by atoms with Crippen molar-refractivity contribution in [3.63, 3.8) is 0 Å². The summed E-state index contributed by atoms with van der Waals surface area (Å²) < 4.78 is 0. The van der Waals surface area contributed by atoms with Crippen molar-refractivity contribution in [2.45, 2.75) is 50.4 Å². The molecular formula is C33H39Cl3N2O. The second-order valence-electron chi connectivity index (χ2n) is 11.2. The molecule has 0 bridgehead atoms. The minimum Gasteiger partial charge on any atom is -0.342 e. The number of carbonyl (C=O) groups is 1. The van der Waals surface area contributed by atoms with E-state index in [1.165, 1.54) is 30.4 Å². The van der Waals surface area contributed by atoms with Gasteiger partial charge in [-0.05, 0) is 92.9 Å². The van der Waals surface area contributed by atoms with Gasteiger partial charge in [0.25, 0.3) is 0 Å². The molecule has 39 heavy (non-hydrogen) atoms. The SMILES string of the molecule is Cl.O=C(Cc1ccccc1)N1CCCC(CCN2CCC(Cc3ccccc3)CC2)(c2ccc(Cl)c(Cl)c2)C1. The third-order valence-electron chi connectivity index (χ3n) is 8.64. The van der Waals surface area contributed by atoms with Gasteiger partial charge in [-0.1, -0.05) is 89.9 Å². The van der Waals surface area contributed by atoms with Crippen LogP contribution in [0, 0.1) is 5.92 Å². The topological polar surface area (TPSA) is 23.6 Å². The Morgan fingerprint density at radius 3 is 2.18 bits per heavy atom. The molecule has 3 nitrogen and oxygen atoms in total. The van der Waals surface area contributed by atoms with E-state index < -0.39 is 0 Å². The number of halogens is 3. The molecule has 0 spiro atoms. The number of benzene rings is 3. The van der Waals surface area contributed by atoms with Gasteiger partial charge in [0.1, 0.15) is 0 Å². The summed E-state index contributed by atoms with van der Waals surface area (Å²) in [6.07, 6.45) is 7.20. The Morgan fingerprint density at radius 1 is 0.846 bits per heavy atom. The summed E-state index contributed by atoms with van der Waals surface area (Å²) in [5.74, 6) is 0.973. The summed E-state index contributed by atoms with van der Waals surface area (Å²) in [7, 11) is 0. The van der Waals surface area contributed by atoms with Gasteiger partial charge in [0.15, 0.2) is 0 Å². The molecule has 1 atom stereocenters. The van der Waals surface area contributed by atoms with E-state index in [0.717, 1.165) is 63.5 Å². The molecule has 0 N–H and O–H groups in total. The fraction of sp³-hybridized carbons (Fsp3) is 0.424. The number of hydrogen-bond acceptors (Lipinski definition) is 2. The summed E-state index contributed by atoms with van der Waals surface area (Å²) in [6, 6.07) is 27.0. The largest absolute Gasteiger partial charge is 0.342 e. The highest BCUT2D eigenvalue weighted by molar-refractivity contribution is 6.42. The summed E-state index contributed by atoms with van der Waals surface area (Å²) >= 11 is 12.8. The van der Waals surface area contributed by atoms with Gasteiger partial charge in [0.05, 0.1) is 16.5 Å². The molecule has 6 heteroatoms. The van der Waals surface area contributed by atoms with Crippen molar-refractivity contribution in [2.24, 2.45) is 5.92 Å². The molecule has 2 aliphatic heterocycles. The molecule has 2 fully saturated rings. The van der Waals surface area contributed by atoms with Crippen LogP contribution in [-0.2, 0) is 23.1 Å². The van der Waals surface area contributed by atoms with Gasteiger partial charge in [-0.3, -0.25) is 4.79 Å². The maximum Gasteiger partial charge on any atom is 0.227 e. The quantitative estimate of drug-likeness (QED) is 0.269. The van der Waals surface area contributed by atoms with Crippen molar-refractivity contribution < 1.29 is 4.79 Å². The molecule has 3 aromatic carbocycles. The Balaban J connectivity index is 0.00000353. The van der Waals surface area contributed by atoms with Crippen molar-refractivity contribution in [1.29, 1.82) is 0 Å². The molecule has 0 aliphatic carbocycles. The zero-order valence-electron chi connectivity index (χ0n) is 22.5. The molecule has 0 aromatic heterocycles. The van der Waals surface area contributed by atoms with Gasteiger partial charge in [-0.25, -0.2) is 0 Å². The van der Waals surface area contributed by atoms with Gasteiger partial charge in [-0.15, -0.1) is 12.4 Å². The number of nitrogens with zero attached hydrogens (tertiary/aromatic N) is 2. The van der Waals surface area contributed by atoms with Gasteiger partial charge in [-0.2, -0.15) is 0 Å². The number of hydrogen-bond donors (Lipinski definition) is 0. The predicted octanol–water partition coefficient (Wildman–Crippen LogP) is 7.86. The molecule has 2 saturated heterocycles. The van der Waals surface area contributed by atoms with E-state index in [-0.39, 0.29) is 23.7 Å². The molecule has 5 rings (SSSR count). The van der Waals surface area contributed by atoms with Crippen LogP contribution in [0.2, 0.25) is 10.0 Å². The Hall–Kier alpha value is -2.04. The predicted molar refractivity (Wildman–Crippen MR) is 165 cm³/mol. The Morgan fingerprint density at radius 2 is 1.51 bits per heavy atom. The monoisotopic (exact) mass is 584 g/mol. The normalized spacial score (nSPS) is 20.4. The smallest absolute Gasteiger partial charge is 0.227 e. The lowest BCUT2D eigenvalue weighted by molar-refractivity contribution is -0.132. The Bertz CT molecular complexity index is 1200. The van der Waals surface area contributed by atoms with Crippen LogP contribution in [0.4, 0.5) is 0 Å². The van der Waals surface area contributed by atoms with Crippen molar-refractivity contribution in [2.75, 3.05) is 32.7 Å². The van der Waals surface area contributed by atoms with Crippen molar-refractivity contribution in [3.05, 3.63) is 106 Å². The lowest BCUT2D eigenvalue weighted by Crippen LogP contribution is -2.50. The van der Waals surface area contributed by atoms with Crippen LogP contribution in [0.25, 0.3) is 0 Å². The number of piperidine rings is 2. The van der Waals surface area contributed by atoms with Crippen molar-refractivity contribution in [1.82, 2.24) is 9.80 Å². The van der Waals surface area contributed by atoms with Gasteiger partial charge in [0.2, 0.25) is 5.91 Å². The van der Waals surface area contributed by atoms with Gasteiger partial charge in [0, 0.05) is 18.5 Å². The number of carbonyl (C=O) groups excluding carboxylic acids is 1. The summed E-state index contributed by atoms with van der Waals surface area (Å²) in [6.45, 7) is 4.89. The van der Waals surface area contributed by atoms with Crippen LogP contribution in [0.1, 0.15) is 48.8 Å². The highest BCUT2D eigenvalue weighted by atomic mass is 35.5. The highest BCUT2D eigenvalue weighted by Crippen LogP contribution is 2.40. The maximum absolute atomic E-state index is 13.4.